The van der Waals surface area contributed by atoms with E-state index in [2.05, 4.69) is 24.0 Å². The molecule has 0 saturated heterocycles. The summed E-state index contributed by atoms with van der Waals surface area (Å²) in [5.74, 6) is 0.896. The van der Waals surface area contributed by atoms with Crippen molar-refractivity contribution in [3.8, 4) is 17.0 Å². The quantitative estimate of drug-likeness (QED) is 0.413. The average Bonchev–Trinajstić information content (AvgIpc) is 3.09. The first-order valence-corrected chi connectivity index (χ1v) is 11.9. The summed E-state index contributed by atoms with van der Waals surface area (Å²) in [7, 11) is -0.366. The summed E-state index contributed by atoms with van der Waals surface area (Å²) in [6, 6.07) is 16.8. The van der Waals surface area contributed by atoms with Gasteiger partial charge >= 0.3 is 0 Å². The number of nitrogens with zero attached hydrogens (tertiary/aromatic N) is 1. The first-order chi connectivity index (χ1) is 15.1. The fourth-order valence-electron chi connectivity index (χ4n) is 4.22. The van der Waals surface area contributed by atoms with Crippen molar-refractivity contribution < 1.29 is 13.2 Å². The van der Waals surface area contributed by atoms with Crippen LogP contribution >= 0.6 is 0 Å². The SMILES string of the molecule is COc1c(C)cc(-c2[nH]c3ccc(N(C)S(=O)(=O)c4ccc(C)cc4)cc3c2C)cc1C. The predicted molar refractivity (Wildman–Crippen MR) is 131 cm³/mol. The normalized spacial score (nSPS) is 11.7. The molecule has 0 radical (unpaired) electrons. The largest absolute Gasteiger partial charge is 0.496 e. The van der Waals surface area contributed by atoms with Crippen molar-refractivity contribution >= 4 is 26.6 Å². The number of aromatic amines is 1. The van der Waals surface area contributed by atoms with Crippen molar-refractivity contribution in [1.29, 1.82) is 0 Å². The number of sulfonamides is 1. The molecule has 0 saturated carbocycles. The van der Waals surface area contributed by atoms with Crippen LogP contribution in [0.5, 0.6) is 5.75 Å². The predicted octanol–water partition coefficient (Wildman–Crippen LogP) is 5.90. The minimum Gasteiger partial charge on any atom is -0.496 e. The lowest BCUT2D eigenvalue weighted by molar-refractivity contribution is 0.408. The number of aryl methyl sites for hydroxylation is 4. The minimum absolute atomic E-state index is 0.279. The highest BCUT2D eigenvalue weighted by Gasteiger charge is 2.22. The van der Waals surface area contributed by atoms with Gasteiger partial charge in [0.15, 0.2) is 0 Å². The molecule has 0 aliphatic carbocycles. The van der Waals surface area contributed by atoms with E-state index in [0.717, 1.165) is 50.2 Å². The van der Waals surface area contributed by atoms with E-state index in [4.69, 9.17) is 4.74 Å². The van der Waals surface area contributed by atoms with Gasteiger partial charge in [-0.25, -0.2) is 8.42 Å². The molecule has 0 bridgehead atoms. The summed E-state index contributed by atoms with van der Waals surface area (Å²) in [5, 5.41) is 0.995. The molecule has 1 aromatic heterocycles. The molecule has 0 fully saturated rings. The van der Waals surface area contributed by atoms with E-state index in [-0.39, 0.29) is 4.90 Å². The first kappa shape index (κ1) is 22.0. The molecule has 4 aromatic rings. The van der Waals surface area contributed by atoms with Crippen LogP contribution in [-0.4, -0.2) is 27.6 Å². The fourth-order valence-corrected chi connectivity index (χ4v) is 5.41. The van der Waals surface area contributed by atoms with Crippen molar-refractivity contribution in [2.75, 3.05) is 18.5 Å². The summed E-state index contributed by atoms with van der Waals surface area (Å²) >= 11 is 0. The van der Waals surface area contributed by atoms with Crippen LogP contribution < -0.4 is 9.04 Å². The molecule has 0 spiro atoms. The second-order valence-corrected chi connectivity index (χ2v) is 10.3. The van der Waals surface area contributed by atoms with Crippen LogP contribution in [0.15, 0.2) is 59.5 Å². The number of fused-ring (bicyclic) bond motifs is 1. The monoisotopic (exact) mass is 448 g/mol. The van der Waals surface area contributed by atoms with Crippen LogP contribution in [0.3, 0.4) is 0 Å². The molecule has 3 aromatic carbocycles. The molecule has 4 rings (SSSR count). The molecule has 0 atom stereocenters. The molecular weight excluding hydrogens is 420 g/mol. The molecule has 6 heteroatoms. The Balaban J connectivity index is 1.77. The van der Waals surface area contributed by atoms with Crippen molar-refractivity contribution in [2.24, 2.45) is 0 Å². The second-order valence-electron chi connectivity index (χ2n) is 8.28. The van der Waals surface area contributed by atoms with Gasteiger partial charge in [0.1, 0.15) is 5.75 Å². The lowest BCUT2D eigenvalue weighted by Gasteiger charge is -2.20. The summed E-state index contributed by atoms with van der Waals surface area (Å²) in [4.78, 5) is 3.79. The average molecular weight is 449 g/mol. The number of anilines is 1. The van der Waals surface area contributed by atoms with Gasteiger partial charge in [0.05, 0.1) is 17.7 Å². The summed E-state index contributed by atoms with van der Waals surface area (Å²) in [6.45, 7) is 8.07. The molecule has 0 aliphatic rings. The highest BCUT2D eigenvalue weighted by molar-refractivity contribution is 7.92. The first-order valence-electron chi connectivity index (χ1n) is 10.5. The highest BCUT2D eigenvalue weighted by atomic mass is 32.2. The highest BCUT2D eigenvalue weighted by Crippen LogP contribution is 2.36. The minimum atomic E-state index is -3.65. The van der Waals surface area contributed by atoms with Crippen molar-refractivity contribution in [2.45, 2.75) is 32.6 Å². The third kappa shape index (κ3) is 3.65. The molecule has 0 aliphatic heterocycles. The van der Waals surface area contributed by atoms with E-state index in [9.17, 15) is 8.42 Å². The van der Waals surface area contributed by atoms with E-state index < -0.39 is 10.0 Å². The van der Waals surface area contributed by atoms with Gasteiger partial charge in [-0.05, 0) is 92.4 Å². The van der Waals surface area contributed by atoms with Gasteiger partial charge in [-0.2, -0.15) is 0 Å². The molecule has 32 heavy (non-hydrogen) atoms. The van der Waals surface area contributed by atoms with E-state index >= 15 is 0 Å². The standard InChI is InChI=1S/C26H28N2O3S/c1-16-7-10-22(11-8-16)32(29,30)28(5)21-9-12-24-23(15-21)19(4)25(27-24)20-13-17(2)26(31-6)18(3)14-20/h7-15,27H,1-6H3. The maximum Gasteiger partial charge on any atom is 0.264 e. The fraction of sp³-hybridized carbons (Fsp3) is 0.231. The zero-order valence-corrected chi connectivity index (χ0v) is 20.1. The van der Waals surface area contributed by atoms with Crippen LogP contribution in [0, 0.1) is 27.7 Å². The Morgan fingerprint density at radius 1 is 0.875 bits per heavy atom. The smallest absolute Gasteiger partial charge is 0.264 e. The third-order valence-corrected chi connectivity index (χ3v) is 7.84. The van der Waals surface area contributed by atoms with E-state index in [0.29, 0.717) is 5.69 Å². The maximum absolute atomic E-state index is 13.1. The Kier molecular flexibility index (Phi) is 5.51. The second kappa shape index (κ2) is 8.02. The molecule has 1 heterocycles. The van der Waals surface area contributed by atoms with Crippen LogP contribution in [0.1, 0.15) is 22.3 Å². The number of methoxy groups -OCH3 is 1. The summed E-state index contributed by atoms with van der Waals surface area (Å²) < 4.78 is 33.1. The van der Waals surface area contributed by atoms with Gasteiger partial charge in [0.25, 0.3) is 10.0 Å². The number of ether oxygens (including phenoxy) is 1. The topological polar surface area (TPSA) is 62.4 Å². The van der Waals surface area contributed by atoms with Gasteiger partial charge in [-0.3, -0.25) is 4.31 Å². The number of benzene rings is 3. The van der Waals surface area contributed by atoms with Crippen LogP contribution in [0.25, 0.3) is 22.2 Å². The maximum atomic E-state index is 13.1. The van der Waals surface area contributed by atoms with Crippen molar-refractivity contribution in [1.82, 2.24) is 4.98 Å². The Morgan fingerprint density at radius 3 is 2.09 bits per heavy atom. The van der Waals surface area contributed by atoms with Crippen LogP contribution in [-0.2, 0) is 10.0 Å². The summed E-state index contributed by atoms with van der Waals surface area (Å²) in [5.41, 5.74) is 7.93. The molecule has 0 unspecified atom stereocenters. The van der Waals surface area contributed by atoms with E-state index in [1.807, 2.05) is 51.1 Å². The van der Waals surface area contributed by atoms with Crippen molar-refractivity contribution in [3.05, 3.63) is 76.9 Å². The van der Waals surface area contributed by atoms with Gasteiger partial charge in [0, 0.05) is 23.6 Å². The summed E-state index contributed by atoms with van der Waals surface area (Å²) in [6.07, 6.45) is 0. The lowest BCUT2D eigenvalue weighted by atomic mass is 10.0. The zero-order chi connectivity index (χ0) is 23.2. The Bertz CT molecular complexity index is 1390. The molecule has 5 nitrogen and oxygen atoms in total. The van der Waals surface area contributed by atoms with E-state index in [1.165, 1.54) is 4.31 Å². The van der Waals surface area contributed by atoms with Crippen LogP contribution in [0.2, 0.25) is 0 Å². The number of nitrogens with one attached hydrogen (secondary N) is 1. The van der Waals surface area contributed by atoms with Gasteiger partial charge in [-0.15, -0.1) is 0 Å². The molecule has 1 N–H and O–H groups in total. The van der Waals surface area contributed by atoms with Crippen LogP contribution in [0.4, 0.5) is 5.69 Å². The number of rotatable bonds is 5. The van der Waals surface area contributed by atoms with Gasteiger partial charge in [0.2, 0.25) is 0 Å². The Hall–Kier alpha value is -3.25. The number of H-pyrrole nitrogens is 1. The molecule has 0 amide bonds. The van der Waals surface area contributed by atoms with Gasteiger partial charge < -0.3 is 9.72 Å². The number of aromatic nitrogens is 1. The Morgan fingerprint density at radius 2 is 1.50 bits per heavy atom. The molecular formula is C26H28N2O3S. The third-order valence-electron chi connectivity index (χ3n) is 6.04. The lowest BCUT2D eigenvalue weighted by Crippen LogP contribution is -2.26. The van der Waals surface area contributed by atoms with Gasteiger partial charge in [-0.1, -0.05) is 17.7 Å². The number of hydrogen-bond acceptors (Lipinski definition) is 3. The zero-order valence-electron chi connectivity index (χ0n) is 19.3. The van der Waals surface area contributed by atoms with E-state index in [1.54, 1.807) is 26.3 Å². The Labute approximate surface area is 189 Å². The molecule has 166 valence electrons. The number of hydrogen-bond donors (Lipinski definition) is 1. The van der Waals surface area contributed by atoms with Crippen molar-refractivity contribution in [3.63, 3.8) is 0 Å².